The highest BCUT2D eigenvalue weighted by Crippen LogP contribution is 2.29. The Balaban J connectivity index is 1.93. The minimum atomic E-state index is -3.54. The normalized spacial score (nSPS) is 15.7. The van der Waals surface area contributed by atoms with E-state index in [0.29, 0.717) is 29.9 Å². The second-order valence-corrected chi connectivity index (χ2v) is 7.46. The molecular weight excluding hydrogens is 358 g/mol. The van der Waals surface area contributed by atoms with Crippen molar-refractivity contribution in [2.45, 2.75) is 18.0 Å². The third-order valence-corrected chi connectivity index (χ3v) is 5.93. The van der Waals surface area contributed by atoms with Gasteiger partial charge >= 0.3 is 0 Å². The summed E-state index contributed by atoms with van der Waals surface area (Å²) in [6.07, 6.45) is 3.55. The van der Waals surface area contributed by atoms with Gasteiger partial charge in [0.25, 0.3) is 0 Å². The minimum absolute atomic E-state index is 0.246. The Hall–Kier alpha value is -1.38. The molecule has 0 radical (unpaired) electrons. The van der Waals surface area contributed by atoms with Crippen molar-refractivity contribution in [3.05, 3.63) is 40.9 Å². The van der Waals surface area contributed by atoms with Gasteiger partial charge in [-0.2, -0.15) is 4.31 Å². The largest absolute Gasteiger partial charge is 0.496 e. The quantitative estimate of drug-likeness (QED) is 0.825. The summed E-state index contributed by atoms with van der Waals surface area (Å²) in [6.45, 7) is 1.35. The Morgan fingerprint density at radius 1 is 1.33 bits per heavy atom. The zero-order chi connectivity index (χ0) is 15.0. The van der Waals surface area contributed by atoms with Crippen molar-refractivity contribution in [1.82, 2.24) is 13.9 Å². The Kier molecular flexibility index (Phi) is 3.76. The van der Waals surface area contributed by atoms with Gasteiger partial charge in [0.15, 0.2) is 0 Å². The Labute approximate surface area is 131 Å². The molecule has 112 valence electrons. The number of methoxy groups -OCH3 is 1. The van der Waals surface area contributed by atoms with Crippen LogP contribution >= 0.6 is 15.9 Å². The number of halogens is 1. The van der Waals surface area contributed by atoms with E-state index in [1.165, 1.54) is 4.31 Å². The van der Waals surface area contributed by atoms with Crippen LogP contribution in [0.3, 0.4) is 0 Å². The molecule has 0 fully saturated rings. The molecule has 2 heterocycles. The zero-order valence-electron chi connectivity index (χ0n) is 11.4. The van der Waals surface area contributed by atoms with E-state index in [9.17, 15) is 8.42 Å². The summed E-state index contributed by atoms with van der Waals surface area (Å²) < 4.78 is 34.6. The van der Waals surface area contributed by atoms with Crippen LogP contribution in [0, 0.1) is 0 Å². The molecule has 0 saturated carbocycles. The first-order valence-corrected chi connectivity index (χ1v) is 8.59. The van der Waals surface area contributed by atoms with Crippen molar-refractivity contribution in [1.29, 1.82) is 0 Å². The fraction of sp³-hybridized carbons (Fsp3) is 0.308. The molecule has 0 saturated heterocycles. The lowest BCUT2D eigenvalue weighted by atomic mass is 10.3. The van der Waals surface area contributed by atoms with Crippen LogP contribution in [0.1, 0.15) is 5.82 Å². The molecule has 0 amide bonds. The van der Waals surface area contributed by atoms with Crippen LogP contribution in [0.25, 0.3) is 0 Å². The SMILES string of the molecule is COc1ccc(S(=O)(=O)N2CCn3ccnc3C2)cc1Br. The molecule has 2 aromatic rings. The molecular formula is C13H14BrN3O3S. The number of sulfonamides is 1. The fourth-order valence-electron chi connectivity index (χ4n) is 2.31. The summed E-state index contributed by atoms with van der Waals surface area (Å²) in [5.41, 5.74) is 0. The van der Waals surface area contributed by atoms with Crippen molar-refractivity contribution in [3.8, 4) is 5.75 Å². The summed E-state index contributed by atoms with van der Waals surface area (Å²) in [4.78, 5) is 4.43. The van der Waals surface area contributed by atoms with Gasteiger partial charge in [-0.1, -0.05) is 0 Å². The first-order valence-electron chi connectivity index (χ1n) is 6.36. The van der Waals surface area contributed by atoms with E-state index in [2.05, 4.69) is 20.9 Å². The molecule has 1 aromatic carbocycles. The molecule has 0 N–H and O–H groups in total. The maximum atomic E-state index is 12.7. The molecule has 1 aromatic heterocycles. The number of benzene rings is 1. The predicted octanol–water partition coefficient (Wildman–Crippen LogP) is 1.86. The smallest absolute Gasteiger partial charge is 0.243 e. The average molecular weight is 372 g/mol. The first-order chi connectivity index (χ1) is 10.0. The Morgan fingerprint density at radius 3 is 2.86 bits per heavy atom. The van der Waals surface area contributed by atoms with Gasteiger partial charge in [-0.15, -0.1) is 0 Å². The molecule has 0 spiro atoms. The van der Waals surface area contributed by atoms with Gasteiger partial charge in [-0.3, -0.25) is 0 Å². The van der Waals surface area contributed by atoms with E-state index in [1.807, 2.05) is 10.8 Å². The lowest BCUT2D eigenvalue weighted by Crippen LogP contribution is -2.38. The average Bonchev–Trinajstić information content (AvgIpc) is 2.94. The maximum Gasteiger partial charge on any atom is 0.243 e. The number of hydrogen-bond donors (Lipinski definition) is 0. The standard InChI is InChI=1S/C13H14BrN3O3S/c1-20-12-3-2-10(8-11(12)14)21(18,19)17-7-6-16-5-4-15-13(16)9-17/h2-5,8H,6-7,9H2,1H3. The first kappa shape index (κ1) is 14.6. The minimum Gasteiger partial charge on any atom is -0.496 e. The van der Waals surface area contributed by atoms with Crippen LogP contribution in [0.15, 0.2) is 40.0 Å². The van der Waals surface area contributed by atoms with Gasteiger partial charge in [0, 0.05) is 25.5 Å². The molecule has 0 aliphatic carbocycles. The van der Waals surface area contributed by atoms with Gasteiger partial charge < -0.3 is 9.30 Å². The molecule has 6 nitrogen and oxygen atoms in total. The number of nitrogens with zero attached hydrogens (tertiary/aromatic N) is 3. The monoisotopic (exact) mass is 371 g/mol. The molecule has 1 aliphatic rings. The summed E-state index contributed by atoms with van der Waals surface area (Å²) in [6, 6.07) is 4.76. The summed E-state index contributed by atoms with van der Waals surface area (Å²) in [7, 11) is -2.00. The molecule has 8 heteroatoms. The summed E-state index contributed by atoms with van der Waals surface area (Å²) in [5, 5.41) is 0. The predicted molar refractivity (Wildman–Crippen MR) is 80.5 cm³/mol. The van der Waals surface area contributed by atoms with Crippen molar-refractivity contribution < 1.29 is 13.2 Å². The summed E-state index contributed by atoms with van der Waals surface area (Å²) in [5.74, 6) is 1.36. The number of fused-ring (bicyclic) bond motifs is 1. The second kappa shape index (κ2) is 5.43. The molecule has 0 bridgehead atoms. The van der Waals surface area contributed by atoms with E-state index < -0.39 is 10.0 Å². The zero-order valence-corrected chi connectivity index (χ0v) is 13.8. The topological polar surface area (TPSA) is 64.4 Å². The van der Waals surface area contributed by atoms with Crippen LogP contribution < -0.4 is 4.74 Å². The number of ether oxygens (including phenoxy) is 1. The third kappa shape index (κ3) is 2.58. The van der Waals surface area contributed by atoms with Gasteiger partial charge in [-0.05, 0) is 34.1 Å². The van der Waals surface area contributed by atoms with Crippen molar-refractivity contribution in [3.63, 3.8) is 0 Å². The molecule has 21 heavy (non-hydrogen) atoms. The Bertz CT molecular complexity index is 773. The van der Waals surface area contributed by atoms with Crippen LogP contribution in [0.2, 0.25) is 0 Å². The Morgan fingerprint density at radius 2 is 2.14 bits per heavy atom. The number of rotatable bonds is 3. The molecule has 0 unspecified atom stereocenters. The van der Waals surface area contributed by atoms with Crippen molar-refractivity contribution in [2.24, 2.45) is 0 Å². The van der Waals surface area contributed by atoms with E-state index in [0.717, 1.165) is 5.82 Å². The number of imidazole rings is 1. The van der Waals surface area contributed by atoms with Crippen LogP contribution in [0.4, 0.5) is 0 Å². The van der Waals surface area contributed by atoms with E-state index in [1.54, 1.807) is 31.5 Å². The highest BCUT2D eigenvalue weighted by molar-refractivity contribution is 9.10. The van der Waals surface area contributed by atoms with Gasteiger partial charge in [0.2, 0.25) is 10.0 Å². The van der Waals surface area contributed by atoms with E-state index in [4.69, 9.17) is 4.74 Å². The number of aromatic nitrogens is 2. The lowest BCUT2D eigenvalue weighted by molar-refractivity contribution is 0.335. The second-order valence-electron chi connectivity index (χ2n) is 4.67. The van der Waals surface area contributed by atoms with Crippen molar-refractivity contribution in [2.75, 3.05) is 13.7 Å². The van der Waals surface area contributed by atoms with E-state index in [-0.39, 0.29) is 4.90 Å². The van der Waals surface area contributed by atoms with Crippen LogP contribution in [0.5, 0.6) is 5.75 Å². The highest BCUT2D eigenvalue weighted by Gasteiger charge is 2.29. The van der Waals surface area contributed by atoms with Gasteiger partial charge in [-0.25, -0.2) is 13.4 Å². The third-order valence-electron chi connectivity index (χ3n) is 3.47. The maximum absolute atomic E-state index is 12.7. The summed E-state index contributed by atoms with van der Waals surface area (Å²) >= 11 is 3.32. The van der Waals surface area contributed by atoms with Gasteiger partial charge in [0.1, 0.15) is 11.6 Å². The lowest BCUT2D eigenvalue weighted by Gasteiger charge is -2.27. The van der Waals surface area contributed by atoms with Crippen molar-refractivity contribution >= 4 is 26.0 Å². The fourth-order valence-corrected chi connectivity index (χ4v) is 4.42. The van der Waals surface area contributed by atoms with E-state index >= 15 is 0 Å². The highest BCUT2D eigenvalue weighted by atomic mass is 79.9. The van der Waals surface area contributed by atoms with Crippen LogP contribution in [-0.4, -0.2) is 35.9 Å². The molecule has 1 aliphatic heterocycles. The molecule has 0 atom stereocenters. The van der Waals surface area contributed by atoms with Crippen LogP contribution in [-0.2, 0) is 23.1 Å². The molecule has 3 rings (SSSR count). The number of hydrogen-bond acceptors (Lipinski definition) is 4. The van der Waals surface area contributed by atoms with Gasteiger partial charge in [0.05, 0.1) is 23.0 Å².